The number of aryl methyl sites for hydroxylation is 1. The molecule has 1 heterocycles. The number of hydrogen-bond acceptors (Lipinski definition) is 2. The number of thiophene rings is 1. The van der Waals surface area contributed by atoms with E-state index in [1.165, 1.54) is 12.1 Å². The van der Waals surface area contributed by atoms with Gasteiger partial charge < -0.3 is 5.32 Å². The van der Waals surface area contributed by atoms with Crippen molar-refractivity contribution in [3.63, 3.8) is 0 Å². The van der Waals surface area contributed by atoms with Crippen LogP contribution in [0.25, 0.3) is 0 Å². The van der Waals surface area contributed by atoms with Crippen LogP contribution in [0.4, 0.5) is 8.78 Å². The second kappa shape index (κ2) is 5.47. The summed E-state index contributed by atoms with van der Waals surface area (Å²) in [6, 6.07) is 5.40. The van der Waals surface area contributed by atoms with E-state index in [0.29, 0.717) is 5.56 Å². The van der Waals surface area contributed by atoms with Gasteiger partial charge in [0.25, 0.3) is 0 Å². The highest BCUT2D eigenvalue weighted by molar-refractivity contribution is 9.11. The van der Waals surface area contributed by atoms with Crippen LogP contribution in [0.1, 0.15) is 22.0 Å². The predicted octanol–water partition coefficient (Wildman–Crippen LogP) is 4.41. The van der Waals surface area contributed by atoms with Gasteiger partial charge in [0.1, 0.15) is 11.6 Å². The van der Waals surface area contributed by atoms with Crippen LogP contribution in [0.2, 0.25) is 0 Å². The van der Waals surface area contributed by atoms with Gasteiger partial charge in [0.15, 0.2) is 0 Å². The fourth-order valence-electron chi connectivity index (χ4n) is 1.81. The van der Waals surface area contributed by atoms with Gasteiger partial charge >= 0.3 is 0 Å². The Balaban J connectivity index is 2.45. The second-order valence-electron chi connectivity index (χ2n) is 3.99. The minimum absolute atomic E-state index is 0.263. The first-order valence-electron chi connectivity index (χ1n) is 5.41. The molecule has 1 unspecified atom stereocenters. The first kappa shape index (κ1) is 13.6. The third kappa shape index (κ3) is 2.63. The number of rotatable bonds is 3. The number of halogens is 3. The average Bonchev–Trinajstić information content (AvgIpc) is 2.63. The standard InChI is InChI=1S/C13H12BrF2NS/c1-7-5-11(18-13(7)14)12(17-2)9-4-3-8(15)6-10(9)16/h3-6,12,17H,1-2H3. The molecule has 0 aliphatic rings. The quantitative estimate of drug-likeness (QED) is 0.878. The summed E-state index contributed by atoms with van der Waals surface area (Å²) in [7, 11) is 1.76. The number of benzene rings is 1. The molecule has 1 N–H and O–H groups in total. The molecule has 1 aromatic heterocycles. The van der Waals surface area contributed by atoms with Crippen molar-refractivity contribution in [2.24, 2.45) is 0 Å². The second-order valence-corrected chi connectivity index (χ2v) is 6.39. The Morgan fingerprint density at radius 2 is 2.00 bits per heavy atom. The van der Waals surface area contributed by atoms with Crippen LogP contribution in [0.15, 0.2) is 28.1 Å². The van der Waals surface area contributed by atoms with Crippen LogP contribution in [-0.4, -0.2) is 7.05 Å². The minimum atomic E-state index is -0.561. The SMILES string of the molecule is CNC(c1cc(C)c(Br)s1)c1ccc(F)cc1F. The summed E-state index contributed by atoms with van der Waals surface area (Å²) in [6.07, 6.45) is 0. The average molecular weight is 332 g/mol. The van der Waals surface area contributed by atoms with Gasteiger partial charge in [-0.1, -0.05) is 6.07 Å². The zero-order valence-corrected chi connectivity index (χ0v) is 12.3. The molecule has 0 saturated carbocycles. The van der Waals surface area contributed by atoms with Crippen molar-refractivity contribution < 1.29 is 8.78 Å². The molecule has 0 amide bonds. The lowest BCUT2D eigenvalue weighted by Gasteiger charge is -2.15. The molecule has 0 aliphatic carbocycles. The lowest BCUT2D eigenvalue weighted by Crippen LogP contribution is -2.18. The lowest BCUT2D eigenvalue weighted by molar-refractivity contribution is 0.553. The molecule has 2 aromatic rings. The highest BCUT2D eigenvalue weighted by atomic mass is 79.9. The maximum atomic E-state index is 13.8. The smallest absolute Gasteiger partial charge is 0.131 e. The Morgan fingerprint density at radius 1 is 1.28 bits per heavy atom. The highest BCUT2D eigenvalue weighted by Gasteiger charge is 2.19. The molecule has 2 rings (SSSR count). The fraction of sp³-hybridized carbons (Fsp3) is 0.231. The highest BCUT2D eigenvalue weighted by Crippen LogP contribution is 2.35. The van der Waals surface area contributed by atoms with Crippen molar-refractivity contribution in [3.05, 3.63) is 55.7 Å². The third-order valence-electron chi connectivity index (χ3n) is 2.72. The third-order valence-corrected chi connectivity index (χ3v) is 4.92. The number of hydrogen-bond donors (Lipinski definition) is 1. The van der Waals surface area contributed by atoms with Crippen molar-refractivity contribution in [2.75, 3.05) is 7.05 Å². The van der Waals surface area contributed by atoms with E-state index >= 15 is 0 Å². The first-order chi connectivity index (χ1) is 8.52. The molecule has 0 saturated heterocycles. The van der Waals surface area contributed by atoms with Crippen molar-refractivity contribution in [1.82, 2.24) is 5.32 Å². The molecule has 1 atom stereocenters. The van der Waals surface area contributed by atoms with Gasteiger partial charge in [0.2, 0.25) is 0 Å². The molecule has 96 valence electrons. The lowest BCUT2D eigenvalue weighted by atomic mass is 10.0. The summed E-state index contributed by atoms with van der Waals surface area (Å²) in [5, 5.41) is 3.06. The first-order valence-corrected chi connectivity index (χ1v) is 7.02. The Labute approximate surface area is 117 Å². The molecular formula is C13H12BrF2NS. The molecule has 1 aromatic carbocycles. The van der Waals surface area contributed by atoms with Gasteiger partial charge in [0, 0.05) is 16.5 Å². The Kier molecular flexibility index (Phi) is 4.14. The van der Waals surface area contributed by atoms with Crippen molar-refractivity contribution in [1.29, 1.82) is 0 Å². The monoisotopic (exact) mass is 331 g/mol. The molecule has 0 aliphatic heterocycles. The van der Waals surface area contributed by atoms with Crippen LogP contribution in [0.5, 0.6) is 0 Å². The minimum Gasteiger partial charge on any atom is -0.309 e. The van der Waals surface area contributed by atoms with Crippen LogP contribution in [0, 0.1) is 18.6 Å². The molecule has 0 bridgehead atoms. The van der Waals surface area contributed by atoms with Crippen molar-refractivity contribution in [2.45, 2.75) is 13.0 Å². The summed E-state index contributed by atoms with van der Waals surface area (Å²) in [5.41, 5.74) is 1.56. The zero-order chi connectivity index (χ0) is 13.3. The van der Waals surface area contributed by atoms with Gasteiger partial charge in [-0.25, -0.2) is 8.78 Å². The van der Waals surface area contributed by atoms with Crippen molar-refractivity contribution in [3.8, 4) is 0 Å². The summed E-state index contributed by atoms with van der Waals surface area (Å²) in [6.45, 7) is 1.98. The Morgan fingerprint density at radius 3 is 2.50 bits per heavy atom. The number of nitrogens with one attached hydrogen (secondary N) is 1. The van der Waals surface area contributed by atoms with E-state index < -0.39 is 11.6 Å². The van der Waals surface area contributed by atoms with E-state index in [4.69, 9.17) is 0 Å². The maximum absolute atomic E-state index is 13.8. The predicted molar refractivity (Wildman–Crippen MR) is 74.0 cm³/mol. The Hall–Kier alpha value is -0.780. The summed E-state index contributed by atoms with van der Waals surface area (Å²) in [4.78, 5) is 0.993. The van der Waals surface area contributed by atoms with E-state index in [1.807, 2.05) is 13.0 Å². The fourth-order valence-corrected chi connectivity index (χ4v) is 3.51. The van der Waals surface area contributed by atoms with Gasteiger partial charge in [-0.05, 0) is 47.6 Å². The van der Waals surface area contributed by atoms with E-state index in [0.717, 1.165) is 20.3 Å². The molecule has 1 nitrogen and oxygen atoms in total. The van der Waals surface area contributed by atoms with Crippen LogP contribution in [-0.2, 0) is 0 Å². The van der Waals surface area contributed by atoms with Crippen LogP contribution in [0.3, 0.4) is 0 Å². The van der Waals surface area contributed by atoms with E-state index in [2.05, 4.69) is 21.2 Å². The van der Waals surface area contributed by atoms with E-state index in [1.54, 1.807) is 18.4 Å². The molecule has 0 spiro atoms. The Bertz CT molecular complexity index is 549. The maximum Gasteiger partial charge on any atom is 0.131 e. The molecule has 0 radical (unpaired) electrons. The molecule has 5 heteroatoms. The topological polar surface area (TPSA) is 12.0 Å². The van der Waals surface area contributed by atoms with Crippen molar-refractivity contribution >= 4 is 27.3 Å². The van der Waals surface area contributed by atoms with Gasteiger partial charge in [-0.2, -0.15) is 0 Å². The van der Waals surface area contributed by atoms with Gasteiger partial charge in [-0.15, -0.1) is 11.3 Å². The summed E-state index contributed by atoms with van der Waals surface area (Å²) in [5.74, 6) is -1.09. The van der Waals surface area contributed by atoms with Gasteiger partial charge in [0.05, 0.1) is 9.83 Å². The molecular weight excluding hydrogens is 320 g/mol. The normalized spacial score (nSPS) is 12.7. The van der Waals surface area contributed by atoms with E-state index in [9.17, 15) is 8.78 Å². The molecule has 0 fully saturated rings. The largest absolute Gasteiger partial charge is 0.309 e. The summed E-state index contributed by atoms with van der Waals surface area (Å²) < 4.78 is 27.7. The van der Waals surface area contributed by atoms with E-state index in [-0.39, 0.29) is 6.04 Å². The van der Waals surface area contributed by atoms with Crippen LogP contribution < -0.4 is 5.32 Å². The zero-order valence-electron chi connectivity index (χ0n) is 9.93. The summed E-state index contributed by atoms with van der Waals surface area (Å²) >= 11 is 5.00. The van der Waals surface area contributed by atoms with Gasteiger partial charge in [-0.3, -0.25) is 0 Å². The van der Waals surface area contributed by atoms with Crippen LogP contribution >= 0.6 is 27.3 Å². The molecule has 18 heavy (non-hydrogen) atoms.